The van der Waals surface area contributed by atoms with Crippen LogP contribution < -0.4 is 0 Å². The average Bonchev–Trinajstić information content (AvgIpc) is 3.18. The minimum atomic E-state index is -6.00. The van der Waals surface area contributed by atoms with E-state index in [4.69, 9.17) is 0 Å². The largest absolute Gasteiger partial charge is 0.438 e. The highest BCUT2D eigenvalue weighted by atomic mass is 19.4. The normalized spacial score (nSPS) is 31.8. The van der Waals surface area contributed by atoms with E-state index in [0.717, 1.165) is 37.7 Å². The van der Waals surface area contributed by atoms with Crippen molar-refractivity contribution in [1.82, 2.24) is 0 Å². The van der Waals surface area contributed by atoms with Crippen molar-refractivity contribution < 1.29 is 46.8 Å². The van der Waals surface area contributed by atoms with E-state index in [1.807, 2.05) is 13.0 Å². The summed E-state index contributed by atoms with van der Waals surface area (Å²) in [5, 5.41) is 39.9. The van der Waals surface area contributed by atoms with Crippen LogP contribution in [-0.4, -0.2) is 56.2 Å². The van der Waals surface area contributed by atoms with Gasteiger partial charge in [-0.2, -0.15) is 26.3 Å². The fraction of sp³-hybridized carbons (Fsp3) is 0.812. The second-order valence-corrected chi connectivity index (χ2v) is 14.1. The van der Waals surface area contributed by atoms with Gasteiger partial charge in [-0.3, -0.25) is 0 Å². The van der Waals surface area contributed by atoms with Crippen LogP contribution in [0.5, 0.6) is 0 Å². The number of hydrogen-bond donors (Lipinski definition) is 4. The van der Waals surface area contributed by atoms with E-state index >= 15 is 0 Å². The van der Waals surface area contributed by atoms with Crippen molar-refractivity contribution in [2.45, 2.75) is 141 Å². The summed E-state index contributed by atoms with van der Waals surface area (Å²) in [4.78, 5) is 0. The predicted octanol–water partition coefficient (Wildman–Crippen LogP) is 7.16. The van der Waals surface area contributed by atoms with Gasteiger partial charge in [-0.15, -0.1) is 0 Å². The molecule has 0 saturated heterocycles. The van der Waals surface area contributed by atoms with Crippen LogP contribution in [0, 0.1) is 34.5 Å². The van der Waals surface area contributed by atoms with Gasteiger partial charge in [0.2, 0.25) is 0 Å². The number of halogens is 6. The Morgan fingerprint density at radius 1 is 0.905 bits per heavy atom. The van der Waals surface area contributed by atoms with E-state index in [9.17, 15) is 46.8 Å². The maximum Gasteiger partial charge on any atom is 0.438 e. The van der Waals surface area contributed by atoms with E-state index in [-0.39, 0.29) is 23.7 Å². The zero-order chi connectivity index (χ0) is 31.8. The number of alkyl halides is 6. The Balaban J connectivity index is 1.93. The molecular weight excluding hydrogens is 562 g/mol. The van der Waals surface area contributed by atoms with Gasteiger partial charge in [0.15, 0.2) is 0 Å². The van der Waals surface area contributed by atoms with Crippen molar-refractivity contribution in [3.63, 3.8) is 0 Å². The number of fused-ring (bicyclic) bond motifs is 1. The Hall–Kier alpha value is -1.54. The molecule has 0 bridgehead atoms. The molecule has 0 spiro atoms. The molecule has 0 aliphatic heterocycles. The molecule has 3 aliphatic rings. The fourth-order valence-electron chi connectivity index (χ4n) is 7.90. The third kappa shape index (κ3) is 7.75. The standard InChI is InChI=1S/C32H46F6O4/c1-27(2,41)13-6-14-28(3,15-7-17-30(42,31(33,34)35)32(36,37)38)26-12-11-25-22(8-5-16-29(25,26)4)10-9-21-18-23(39)20-24(40)19-21/h9-10,23-26,39-42H,5-6,8,11-16,18-20H2,1-4H3/t23-,24-,25?,26-,28?,29+/m1/s1. The molecule has 3 rings (SSSR count). The van der Waals surface area contributed by atoms with Gasteiger partial charge in [0.25, 0.3) is 0 Å². The molecule has 0 aromatic carbocycles. The summed E-state index contributed by atoms with van der Waals surface area (Å²) in [7, 11) is 0. The first kappa shape index (κ1) is 34.9. The van der Waals surface area contributed by atoms with Gasteiger partial charge in [-0.25, -0.2) is 0 Å². The number of allylic oxidation sites excluding steroid dienone is 3. The second kappa shape index (κ2) is 12.5. The highest BCUT2D eigenvalue weighted by Gasteiger charge is 2.70. The average molecular weight is 609 g/mol. The zero-order valence-corrected chi connectivity index (χ0v) is 25.0. The second-order valence-electron chi connectivity index (χ2n) is 14.1. The molecule has 4 N–H and O–H groups in total. The van der Waals surface area contributed by atoms with Gasteiger partial charge < -0.3 is 20.4 Å². The molecule has 0 aromatic rings. The van der Waals surface area contributed by atoms with E-state index in [1.54, 1.807) is 13.8 Å². The monoisotopic (exact) mass is 608 g/mol. The van der Waals surface area contributed by atoms with Crippen LogP contribution in [0.4, 0.5) is 26.3 Å². The maximum atomic E-state index is 13.3. The predicted molar refractivity (Wildman–Crippen MR) is 148 cm³/mol. The third-order valence-electron chi connectivity index (χ3n) is 10.00. The van der Waals surface area contributed by atoms with E-state index < -0.39 is 41.2 Å². The lowest BCUT2D eigenvalue weighted by Crippen LogP contribution is -2.55. The molecule has 3 fully saturated rings. The van der Waals surface area contributed by atoms with Crippen molar-refractivity contribution in [2.75, 3.05) is 0 Å². The molecule has 0 aromatic heterocycles. The van der Waals surface area contributed by atoms with Gasteiger partial charge in [0, 0.05) is 6.42 Å². The zero-order valence-electron chi connectivity index (χ0n) is 25.0. The summed E-state index contributed by atoms with van der Waals surface area (Å²) < 4.78 is 79.7. The van der Waals surface area contributed by atoms with E-state index in [1.165, 1.54) is 11.5 Å². The molecule has 3 saturated carbocycles. The van der Waals surface area contributed by atoms with Gasteiger partial charge in [-0.1, -0.05) is 49.5 Å². The van der Waals surface area contributed by atoms with E-state index in [0.29, 0.717) is 38.5 Å². The Bertz CT molecular complexity index is 1050. The Morgan fingerprint density at radius 2 is 1.50 bits per heavy atom. The first-order chi connectivity index (χ1) is 19.1. The molecular formula is C32H46F6O4. The first-order valence-electron chi connectivity index (χ1n) is 14.9. The summed E-state index contributed by atoms with van der Waals surface area (Å²) in [5.74, 6) is 3.42. The van der Waals surface area contributed by atoms with Gasteiger partial charge >= 0.3 is 18.0 Å². The molecule has 2 unspecified atom stereocenters. The number of aliphatic hydroxyl groups excluding tert-OH is 2. The van der Waals surface area contributed by atoms with E-state index in [2.05, 4.69) is 18.9 Å². The van der Waals surface area contributed by atoms with Crippen LogP contribution >= 0.6 is 0 Å². The van der Waals surface area contributed by atoms with Crippen molar-refractivity contribution >= 4 is 0 Å². The molecule has 240 valence electrons. The summed E-state index contributed by atoms with van der Waals surface area (Å²) in [5.41, 5.74) is -4.88. The minimum Gasteiger partial charge on any atom is -0.393 e. The smallest absolute Gasteiger partial charge is 0.393 e. The number of aliphatic hydroxyl groups is 4. The Morgan fingerprint density at radius 3 is 2.05 bits per heavy atom. The Kier molecular flexibility index (Phi) is 10.4. The van der Waals surface area contributed by atoms with Crippen LogP contribution in [0.3, 0.4) is 0 Å². The van der Waals surface area contributed by atoms with Gasteiger partial charge in [0.05, 0.1) is 17.8 Å². The van der Waals surface area contributed by atoms with Crippen molar-refractivity contribution in [2.24, 2.45) is 22.7 Å². The molecule has 4 nitrogen and oxygen atoms in total. The molecule has 42 heavy (non-hydrogen) atoms. The fourth-order valence-corrected chi connectivity index (χ4v) is 7.90. The molecule has 6 atom stereocenters. The maximum absolute atomic E-state index is 13.3. The summed E-state index contributed by atoms with van der Waals surface area (Å²) in [6.45, 7) is 7.34. The van der Waals surface area contributed by atoms with Crippen LogP contribution in [0.15, 0.2) is 23.3 Å². The van der Waals surface area contributed by atoms with Crippen LogP contribution in [0.25, 0.3) is 0 Å². The minimum absolute atomic E-state index is 0.0503. The quantitative estimate of drug-likeness (QED) is 0.183. The highest BCUT2D eigenvalue weighted by Crippen LogP contribution is 2.63. The van der Waals surface area contributed by atoms with Gasteiger partial charge in [-0.05, 0) is 107 Å². The van der Waals surface area contributed by atoms with Crippen LogP contribution in [0.1, 0.15) is 105 Å². The molecule has 0 radical (unpaired) electrons. The van der Waals surface area contributed by atoms with Gasteiger partial charge in [0.1, 0.15) is 0 Å². The lowest BCUT2D eigenvalue weighted by molar-refractivity contribution is -0.343. The number of rotatable bonds is 7. The third-order valence-corrected chi connectivity index (χ3v) is 10.00. The summed E-state index contributed by atoms with van der Waals surface area (Å²) in [6.07, 6.45) is -2.41. The molecule has 10 heteroatoms. The SMILES string of the molecule is CC(C)(O)CCCC(C)(CC#CC(O)(C(F)(F)F)C(F)(F)F)[C@H]1CCC2C(=CC=C3C[C@@H](O)C[C@H](O)C3)CCC[C@@]21C. The lowest BCUT2D eigenvalue weighted by Gasteiger charge is -2.49. The van der Waals surface area contributed by atoms with Crippen molar-refractivity contribution in [1.29, 1.82) is 0 Å². The van der Waals surface area contributed by atoms with Crippen LogP contribution in [0.2, 0.25) is 0 Å². The highest BCUT2D eigenvalue weighted by molar-refractivity contribution is 5.27. The lowest BCUT2D eigenvalue weighted by atomic mass is 9.55. The topological polar surface area (TPSA) is 80.9 Å². The number of hydrogen-bond acceptors (Lipinski definition) is 4. The Labute approximate surface area is 245 Å². The van der Waals surface area contributed by atoms with Crippen molar-refractivity contribution in [3.05, 3.63) is 23.3 Å². The summed E-state index contributed by atoms with van der Waals surface area (Å²) >= 11 is 0. The van der Waals surface area contributed by atoms with Crippen LogP contribution in [-0.2, 0) is 0 Å². The van der Waals surface area contributed by atoms with Crippen molar-refractivity contribution in [3.8, 4) is 11.8 Å². The molecule has 0 amide bonds. The molecule has 3 aliphatic carbocycles. The molecule has 0 heterocycles. The summed E-state index contributed by atoms with van der Waals surface area (Å²) in [6, 6.07) is 0. The first-order valence-corrected chi connectivity index (χ1v) is 14.9.